The van der Waals surface area contributed by atoms with Crippen molar-refractivity contribution in [3.05, 3.63) is 53.7 Å². The van der Waals surface area contributed by atoms with Crippen molar-refractivity contribution in [3.8, 4) is 16.9 Å². The second-order valence-electron chi connectivity index (χ2n) is 10.1. The SMILES string of the molecule is CCN(CC)C1CCC(Nc2c(C(=O)C3CC3)cnc3ccc(-c4cc(F)c(O)c(F)c4)cc23)CC1. The Balaban J connectivity index is 1.51. The van der Waals surface area contributed by atoms with Crippen molar-refractivity contribution in [3.63, 3.8) is 0 Å². The molecule has 1 aromatic heterocycles. The Labute approximate surface area is 210 Å². The van der Waals surface area contributed by atoms with Gasteiger partial charge in [0.25, 0.3) is 0 Å². The Hall–Kier alpha value is -3.06. The van der Waals surface area contributed by atoms with E-state index in [1.807, 2.05) is 6.07 Å². The number of carbonyl (C=O) groups is 1. The number of ketones is 1. The van der Waals surface area contributed by atoms with Crippen LogP contribution in [0.2, 0.25) is 0 Å². The molecule has 0 spiro atoms. The first kappa shape index (κ1) is 24.6. The van der Waals surface area contributed by atoms with E-state index >= 15 is 0 Å². The lowest BCUT2D eigenvalue weighted by atomic mass is 9.89. The smallest absolute Gasteiger partial charge is 0.187 e. The number of phenolic OH excluding ortho intramolecular Hbond substituents is 1. The quantitative estimate of drug-likeness (QED) is 0.349. The van der Waals surface area contributed by atoms with E-state index in [1.165, 1.54) is 0 Å². The maximum atomic E-state index is 14.1. The van der Waals surface area contributed by atoms with Crippen molar-refractivity contribution in [2.45, 2.75) is 64.5 Å². The number of benzene rings is 2. The lowest BCUT2D eigenvalue weighted by Gasteiger charge is -2.36. The molecule has 2 N–H and O–H groups in total. The van der Waals surface area contributed by atoms with Crippen molar-refractivity contribution in [1.82, 2.24) is 9.88 Å². The molecule has 190 valence electrons. The van der Waals surface area contributed by atoms with Gasteiger partial charge in [0, 0.05) is 29.6 Å². The number of nitrogens with zero attached hydrogens (tertiary/aromatic N) is 2. The number of aromatic hydroxyl groups is 1. The molecule has 1 heterocycles. The van der Waals surface area contributed by atoms with E-state index in [9.17, 15) is 18.7 Å². The summed E-state index contributed by atoms with van der Waals surface area (Å²) in [4.78, 5) is 20.3. The van der Waals surface area contributed by atoms with E-state index < -0.39 is 17.4 Å². The maximum Gasteiger partial charge on any atom is 0.187 e. The summed E-state index contributed by atoms with van der Waals surface area (Å²) in [6.07, 6.45) is 7.70. The number of aromatic nitrogens is 1. The fourth-order valence-corrected chi connectivity index (χ4v) is 5.54. The molecule has 3 aromatic rings. The number of rotatable bonds is 8. The fraction of sp³-hybridized carbons (Fsp3) is 0.448. The van der Waals surface area contributed by atoms with Crippen LogP contribution in [-0.4, -0.2) is 45.9 Å². The fourth-order valence-electron chi connectivity index (χ4n) is 5.54. The summed E-state index contributed by atoms with van der Waals surface area (Å²) in [5, 5.41) is 14.0. The van der Waals surface area contributed by atoms with Gasteiger partial charge in [0.2, 0.25) is 0 Å². The van der Waals surface area contributed by atoms with Crippen molar-refractivity contribution in [1.29, 1.82) is 0 Å². The molecule has 0 atom stereocenters. The summed E-state index contributed by atoms with van der Waals surface area (Å²) >= 11 is 0. The summed E-state index contributed by atoms with van der Waals surface area (Å²) in [6, 6.07) is 8.46. The van der Waals surface area contributed by atoms with Crippen LogP contribution in [0.3, 0.4) is 0 Å². The number of pyridine rings is 1. The molecule has 0 radical (unpaired) electrons. The minimum atomic E-state index is -1.01. The summed E-state index contributed by atoms with van der Waals surface area (Å²) < 4.78 is 28.1. The average Bonchev–Trinajstić information content (AvgIpc) is 3.74. The third-order valence-electron chi connectivity index (χ3n) is 7.81. The van der Waals surface area contributed by atoms with E-state index in [2.05, 4.69) is 29.0 Å². The largest absolute Gasteiger partial charge is 0.503 e. The average molecular weight is 494 g/mol. The predicted octanol–water partition coefficient (Wildman–Crippen LogP) is 6.54. The van der Waals surface area contributed by atoms with Crippen LogP contribution in [0.4, 0.5) is 14.5 Å². The number of anilines is 1. The van der Waals surface area contributed by atoms with Gasteiger partial charge in [0.1, 0.15) is 0 Å². The van der Waals surface area contributed by atoms with Crippen LogP contribution < -0.4 is 5.32 Å². The molecule has 2 saturated carbocycles. The van der Waals surface area contributed by atoms with Gasteiger partial charge in [0.05, 0.1) is 16.8 Å². The molecule has 5 nitrogen and oxygen atoms in total. The van der Waals surface area contributed by atoms with E-state index in [1.54, 1.807) is 18.3 Å². The van der Waals surface area contributed by atoms with Crippen LogP contribution >= 0.6 is 0 Å². The minimum Gasteiger partial charge on any atom is -0.503 e. The molecule has 7 heteroatoms. The first-order valence-corrected chi connectivity index (χ1v) is 13.1. The first-order chi connectivity index (χ1) is 17.4. The van der Waals surface area contributed by atoms with Crippen molar-refractivity contribution in [2.24, 2.45) is 5.92 Å². The Morgan fingerprint density at radius 2 is 1.67 bits per heavy atom. The van der Waals surface area contributed by atoms with Crippen LogP contribution in [-0.2, 0) is 0 Å². The van der Waals surface area contributed by atoms with E-state index in [-0.39, 0.29) is 17.7 Å². The molecular formula is C29H33F2N3O2. The monoisotopic (exact) mass is 493 g/mol. The maximum absolute atomic E-state index is 14.1. The van der Waals surface area contributed by atoms with Gasteiger partial charge in [-0.15, -0.1) is 0 Å². The number of Topliss-reactive ketones (excluding diaryl/α,β-unsaturated/α-hetero) is 1. The van der Waals surface area contributed by atoms with Gasteiger partial charge >= 0.3 is 0 Å². The van der Waals surface area contributed by atoms with E-state index in [0.29, 0.717) is 28.2 Å². The highest BCUT2D eigenvalue weighted by Gasteiger charge is 2.33. The summed E-state index contributed by atoms with van der Waals surface area (Å²) in [6.45, 7) is 6.51. The second-order valence-corrected chi connectivity index (χ2v) is 10.1. The number of carbonyl (C=O) groups excluding carboxylic acids is 1. The third kappa shape index (κ3) is 4.81. The Kier molecular flexibility index (Phi) is 6.93. The molecule has 2 aliphatic carbocycles. The zero-order chi connectivity index (χ0) is 25.4. The molecule has 2 aromatic carbocycles. The Morgan fingerprint density at radius 3 is 2.28 bits per heavy atom. The number of fused-ring (bicyclic) bond motifs is 1. The number of hydrogen-bond acceptors (Lipinski definition) is 5. The standard InChI is InChI=1S/C29H33F2N3O2/c1-3-34(4-2)21-10-8-20(9-11-21)33-27-22-13-18(19-14-24(30)29(36)25(31)15-19)7-12-26(22)32-16-23(27)28(35)17-5-6-17/h7,12-17,20-21,36H,3-6,8-11H2,1-2H3,(H,32,33). The lowest BCUT2D eigenvalue weighted by molar-refractivity contribution is 0.0968. The number of halogens is 2. The minimum absolute atomic E-state index is 0.0478. The first-order valence-electron chi connectivity index (χ1n) is 13.1. The summed E-state index contributed by atoms with van der Waals surface area (Å²) in [5.41, 5.74) is 2.98. The summed E-state index contributed by atoms with van der Waals surface area (Å²) in [5.74, 6) is -2.85. The normalized spacial score (nSPS) is 20.1. The predicted molar refractivity (Wildman–Crippen MR) is 138 cm³/mol. The molecule has 5 rings (SSSR count). The van der Waals surface area contributed by atoms with Crippen molar-refractivity contribution >= 4 is 22.4 Å². The van der Waals surface area contributed by atoms with Gasteiger partial charge < -0.3 is 15.3 Å². The van der Waals surface area contributed by atoms with E-state index in [0.717, 1.165) is 74.8 Å². The Bertz CT molecular complexity index is 1260. The molecule has 0 saturated heterocycles. The molecule has 2 fully saturated rings. The number of hydrogen-bond donors (Lipinski definition) is 2. The molecule has 0 amide bonds. The highest BCUT2D eigenvalue weighted by atomic mass is 19.1. The third-order valence-corrected chi connectivity index (χ3v) is 7.81. The topological polar surface area (TPSA) is 65.5 Å². The van der Waals surface area contributed by atoms with Crippen LogP contribution in [0, 0.1) is 17.6 Å². The van der Waals surface area contributed by atoms with Gasteiger partial charge in [-0.3, -0.25) is 9.78 Å². The highest BCUT2D eigenvalue weighted by Crippen LogP contribution is 2.39. The highest BCUT2D eigenvalue weighted by molar-refractivity contribution is 6.10. The second kappa shape index (κ2) is 10.1. The van der Waals surface area contributed by atoms with Gasteiger partial charge in [-0.2, -0.15) is 0 Å². The van der Waals surface area contributed by atoms with Crippen LogP contribution in [0.25, 0.3) is 22.0 Å². The lowest BCUT2D eigenvalue weighted by Crippen LogP contribution is -2.40. The van der Waals surface area contributed by atoms with Gasteiger partial charge in [-0.05, 0) is 87.0 Å². The molecule has 0 unspecified atom stereocenters. The van der Waals surface area contributed by atoms with Crippen LogP contribution in [0.1, 0.15) is 62.7 Å². The van der Waals surface area contributed by atoms with Crippen molar-refractivity contribution < 1.29 is 18.7 Å². The molecule has 0 aliphatic heterocycles. The molecular weight excluding hydrogens is 460 g/mol. The molecule has 36 heavy (non-hydrogen) atoms. The van der Waals surface area contributed by atoms with E-state index in [4.69, 9.17) is 0 Å². The zero-order valence-corrected chi connectivity index (χ0v) is 20.9. The number of nitrogens with one attached hydrogen (secondary N) is 1. The van der Waals surface area contributed by atoms with Crippen LogP contribution in [0.15, 0.2) is 36.5 Å². The molecule has 2 aliphatic rings. The van der Waals surface area contributed by atoms with Gasteiger partial charge in [-0.25, -0.2) is 8.78 Å². The molecule has 0 bridgehead atoms. The zero-order valence-electron chi connectivity index (χ0n) is 20.9. The van der Waals surface area contributed by atoms with Crippen molar-refractivity contribution in [2.75, 3.05) is 18.4 Å². The van der Waals surface area contributed by atoms with Crippen LogP contribution in [0.5, 0.6) is 5.75 Å². The van der Waals surface area contributed by atoms with Gasteiger partial charge in [0.15, 0.2) is 23.2 Å². The Morgan fingerprint density at radius 1 is 1.00 bits per heavy atom. The van der Waals surface area contributed by atoms with Gasteiger partial charge in [-0.1, -0.05) is 19.9 Å². The number of phenols is 1. The summed E-state index contributed by atoms with van der Waals surface area (Å²) in [7, 11) is 0.